The molecule has 0 bridgehead atoms. The number of methoxy groups -OCH3 is 2. The van der Waals surface area contributed by atoms with Gasteiger partial charge in [-0.05, 0) is 55.8 Å². The lowest BCUT2D eigenvalue weighted by atomic mass is 10.1. The first-order valence-corrected chi connectivity index (χ1v) is 8.38. The second kappa shape index (κ2) is 11.8. The van der Waals surface area contributed by atoms with Crippen molar-refractivity contribution in [3.05, 3.63) is 78.6 Å². The first-order valence-electron chi connectivity index (χ1n) is 8.38. The second-order valence-electron chi connectivity index (χ2n) is 5.69. The summed E-state index contributed by atoms with van der Waals surface area (Å²) in [4.78, 5) is 0. The van der Waals surface area contributed by atoms with Gasteiger partial charge >= 0.3 is 0 Å². The van der Waals surface area contributed by atoms with Gasteiger partial charge in [-0.1, -0.05) is 36.5 Å². The molecule has 0 saturated carbocycles. The van der Waals surface area contributed by atoms with E-state index in [4.69, 9.17) is 9.47 Å². The molecule has 25 heavy (non-hydrogen) atoms. The van der Waals surface area contributed by atoms with Crippen molar-refractivity contribution >= 4 is 6.08 Å². The fourth-order valence-electron chi connectivity index (χ4n) is 2.19. The Morgan fingerprint density at radius 3 is 2.64 bits per heavy atom. The van der Waals surface area contributed by atoms with Crippen LogP contribution in [-0.2, 0) is 0 Å². The van der Waals surface area contributed by atoms with Gasteiger partial charge in [0.1, 0.15) is 11.5 Å². The van der Waals surface area contributed by atoms with E-state index in [1.54, 1.807) is 20.3 Å². The van der Waals surface area contributed by atoms with Gasteiger partial charge < -0.3 is 14.8 Å². The molecular formula is C22H29NO2. The molecule has 3 heteroatoms. The molecule has 0 radical (unpaired) electrons. The van der Waals surface area contributed by atoms with Gasteiger partial charge in [0.15, 0.2) is 0 Å². The van der Waals surface area contributed by atoms with Crippen molar-refractivity contribution in [2.24, 2.45) is 0 Å². The van der Waals surface area contributed by atoms with E-state index in [0.29, 0.717) is 0 Å². The van der Waals surface area contributed by atoms with Crippen molar-refractivity contribution < 1.29 is 9.47 Å². The van der Waals surface area contributed by atoms with Crippen LogP contribution in [0.4, 0.5) is 0 Å². The Hall–Kier alpha value is -2.68. The molecular weight excluding hydrogens is 310 g/mol. The van der Waals surface area contributed by atoms with Crippen LogP contribution in [0.3, 0.4) is 0 Å². The summed E-state index contributed by atoms with van der Waals surface area (Å²) in [6.45, 7) is 10.7. The molecule has 1 rings (SSSR count). The van der Waals surface area contributed by atoms with E-state index in [-0.39, 0.29) is 0 Å². The fraction of sp³-hybridized carbons (Fsp3) is 0.273. The molecule has 0 amide bonds. The number of benzene rings is 1. The van der Waals surface area contributed by atoms with Crippen LogP contribution in [0.1, 0.15) is 25.3 Å². The Kier molecular flexibility index (Phi) is 9.61. The van der Waals surface area contributed by atoms with Crippen LogP contribution in [-0.4, -0.2) is 20.8 Å². The molecule has 0 heterocycles. The Morgan fingerprint density at radius 2 is 2.00 bits per heavy atom. The summed E-state index contributed by atoms with van der Waals surface area (Å²) in [5.74, 6) is 1.60. The quantitative estimate of drug-likeness (QED) is 0.337. The number of ether oxygens (including phenoxy) is 2. The molecule has 0 unspecified atom stereocenters. The Bertz CT molecular complexity index is 654. The van der Waals surface area contributed by atoms with E-state index < -0.39 is 0 Å². The topological polar surface area (TPSA) is 30.5 Å². The minimum absolute atomic E-state index is 0.796. The molecule has 0 aliphatic rings. The first-order chi connectivity index (χ1) is 12.1. The van der Waals surface area contributed by atoms with Crippen molar-refractivity contribution in [3.63, 3.8) is 0 Å². The van der Waals surface area contributed by atoms with E-state index in [2.05, 4.69) is 25.4 Å². The zero-order chi connectivity index (χ0) is 18.5. The summed E-state index contributed by atoms with van der Waals surface area (Å²) in [7, 11) is 3.31. The van der Waals surface area contributed by atoms with Crippen molar-refractivity contribution in [2.75, 3.05) is 20.8 Å². The molecule has 0 aliphatic heterocycles. The van der Waals surface area contributed by atoms with Crippen LogP contribution in [0.5, 0.6) is 11.5 Å². The van der Waals surface area contributed by atoms with Crippen LogP contribution in [0.15, 0.2) is 73.0 Å². The van der Waals surface area contributed by atoms with Gasteiger partial charge in [0.25, 0.3) is 0 Å². The summed E-state index contributed by atoms with van der Waals surface area (Å²) >= 11 is 0. The SMILES string of the molecule is C=C/C=C(\C=C/NCCCC(=C)C)/C=C/c1cc(OC)ccc1OC. The van der Waals surface area contributed by atoms with E-state index in [1.807, 2.05) is 48.7 Å². The predicted octanol–water partition coefficient (Wildman–Crippen LogP) is 5.29. The normalized spacial score (nSPS) is 11.7. The molecule has 0 spiro atoms. The van der Waals surface area contributed by atoms with Gasteiger partial charge in [-0.15, -0.1) is 6.58 Å². The van der Waals surface area contributed by atoms with E-state index in [1.165, 1.54) is 5.57 Å². The van der Waals surface area contributed by atoms with E-state index >= 15 is 0 Å². The van der Waals surface area contributed by atoms with Crippen LogP contribution in [0, 0.1) is 0 Å². The first kappa shape index (κ1) is 20.4. The number of hydrogen-bond donors (Lipinski definition) is 1. The fourth-order valence-corrected chi connectivity index (χ4v) is 2.19. The van der Waals surface area contributed by atoms with Gasteiger partial charge in [-0.25, -0.2) is 0 Å². The highest BCUT2D eigenvalue weighted by Crippen LogP contribution is 2.25. The molecule has 134 valence electrons. The second-order valence-corrected chi connectivity index (χ2v) is 5.69. The molecule has 0 atom stereocenters. The maximum absolute atomic E-state index is 5.40. The number of allylic oxidation sites excluding steroid dienone is 6. The largest absolute Gasteiger partial charge is 0.497 e. The summed E-state index contributed by atoms with van der Waals surface area (Å²) in [5.41, 5.74) is 3.21. The van der Waals surface area contributed by atoms with E-state index in [9.17, 15) is 0 Å². The zero-order valence-electron chi connectivity index (χ0n) is 15.5. The lowest BCUT2D eigenvalue weighted by molar-refractivity contribution is 0.402. The molecule has 0 saturated heterocycles. The van der Waals surface area contributed by atoms with Crippen LogP contribution >= 0.6 is 0 Å². The third-order valence-corrected chi connectivity index (χ3v) is 3.52. The summed E-state index contributed by atoms with van der Waals surface area (Å²) in [5, 5.41) is 3.29. The maximum atomic E-state index is 5.40. The number of rotatable bonds is 11. The highest BCUT2D eigenvalue weighted by Gasteiger charge is 2.01. The standard InChI is InChI=1S/C22H29NO2/c1-6-8-19(14-16-23-15-7-9-18(2)3)10-11-20-17-21(24-4)12-13-22(20)25-5/h6,8,10-14,16-17,23H,1-2,7,9,15H2,3-5H3/b11-10+,16-14-,19-8-. The summed E-state index contributed by atoms with van der Waals surface area (Å²) in [6.07, 6.45) is 13.9. The summed E-state index contributed by atoms with van der Waals surface area (Å²) < 4.78 is 10.7. The van der Waals surface area contributed by atoms with Crippen molar-refractivity contribution in [1.82, 2.24) is 5.32 Å². The maximum Gasteiger partial charge on any atom is 0.126 e. The highest BCUT2D eigenvalue weighted by molar-refractivity contribution is 5.62. The lowest BCUT2D eigenvalue weighted by Gasteiger charge is -2.07. The van der Waals surface area contributed by atoms with Crippen molar-refractivity contribution in [2.45, 2.75) is 19.8 Å². The third-order valence-electron chi connectivity index (χ3n) is 3.52. The van der Waals surface area contributed by atoms with Gasteiger partial charge in [0.2, 0.25) is 0 Å². The number of nitrogens with one attached hydrogen (secondary N) is 1. The van der Waals surface area contributed by atoms with Gasteiger partial charge in [-0.2, -0.15) is 0 Å². The molecule has 1 N–H and O–H groups in total. The molecule has 0 aromatic heterocycles. The van der Waals surface area contributed by atoms with Crippen molar-refractivity contribution in [1.29, 1.82) is 0 Å². The van der Waals surface area contributed by atoms with Gasteiger partial charge in [-0.3, -0.25) is 0 Å². The summed E-state index contributed by atoms with van der Waals surface area (Å²) in [6, 6.07) is 5.72. The van der Waals surface area contributed by atoms with Gasteiger partial charge in [0.05, 0.1) is 14.2 Å². The smallest absolute Gasteiger partial charge is 0.126 e. The molecule has 1 aromatic rings. The molecule has 1 aromatic carbocycles. The Labute approximate surface area is 152 Å². The van der Waals surface area contributed by atoms with Crippen LogP contribution in [0.25, 0.3) is 6.08 Å². The Morgan fingerprint density at radius 1 is 1.20 bits per heavy atom. The highest BCUT2D eigenvalue weighted by atomic mass is 16.5. The van der Waals surface area contributed by atoms with Crippen LogP contribution in [0.2, 0.25) is 0 Å². The lowest BCUT2D eigenvalue weighted by Crippen LogP contribution is -2.06. The van der Waals surface area contributed by atoms with Crippen LogP contribution < -0.4 is 14.8 Å². The minimum atomic E-state index is 0.796. The van der Waals surface area contributed by atoms with E-state index in [0.717, 1.165) is 42.0 Å². The molecule has 3 nitrogen and oxygen atoms in total. The third kappa shape index (κ3) is 8.11. The minimum Gasteiger partial charge on any atom is -0.497 e. The molecule has 0 aliphatic carbocycles. The molecule has 0 fully saturated rings. The predicted molar refractivity (Wildman–Crippen MR) is 108 cm³/mol. The van der Waals surface area contributed by atoms with Gasteiger partial charge in [0, 0.05) is 12.1 Å². The number of hydrogen-bond acceptors (Lipinski definition) is 3. The Balaban J connectivity index is 2.74. The zero-order valence-corrected chi connectivity index (χ0v) is 15.5. The average Bonchev–Trinajstić information content (AvgIpc) is 2.61. The monoisotopic (exact) mass is 339 g/mol. The van der Waals surface area contributed by atoms with Crippen molar-refractivity contribution in [3.8, 4) is 11.5 Å². The average molecular weight is 339 g/mol.